The summed E-state index contributed by atoms with van der Waals surface area (Å²) in [6, 6.07) is 14.9. The van der Waals surface area contributed by atoms with Gasteiger partial charge in [0.15, 0.2) is 9.84 Å². The fourth-order valence-electron chi connectivity index (χ4n) is 3.71. The van der Waals surface area contributed by atoms with Crippen molar-refractivity contribution in [3.63, 3.8) is 0 Å². The summed E-state index contributed by atoms with van der Waals surface area (Å²) >= 11 is 1.69. The second-order valence-corrected chi connectivity index (χ2v) is 10.8. The van der Waals surface area contributed by atoms with Crippen LogP contribution in [0.1, 0.15) is 35.8 Å². The van der Waals surface area contributed by atoms with E-state index in [1.807, 2.05) is 30.0 Å². The molecule has 2 aromatic carbocycles. The number of fused-ring (bicyclic) bond motifs is 1. The number of rotatable bonds is 5. The lowest BCUT2D eigenvalue weighted by molar-refractivity contribution is -0.131. The monoisotopic (exact) mass is 428 g/mol. The molecule has 1 aromatic heterocycles. The van der Waals surface area contributed by atoms with Crippen molar-refractivity contribution in [2.24, 2.45) is 0 Å². The highest BCUT2D eigenvalue weighted by atomic mass is 32.2. The number of para-hydroxylation sites is 1. The van der Waals surface area contributed by atoms with E-state index in [4.69, 9.17) is 4.98 Å². The highest BCUT2D eigenvalue weighted by Crippen LogP contribution is 2.33. The molecule has 0 aliphatic carbocycles. The number of hydrogen-bond acceptors (Lipinski definition) is 5. The van der Waals surface area contributed by atoms with Crippen molar-refractivity contribution in [2.75, 3.05) is 18.8 Å². The molecular formula is C22H24N2O3S2. The van der Waals surface area contributed by atoms with E-state index in [2.05, 4.69) is 6.07 Å². The number of likely N-dealkylation sites (tertiary alicyclic amines) is 1. The summed E-state index contributed by atoms with van der Waals surface area (Å²) in [5.41, 5.74) is 2.01. The lowest BCUT2D eigenvalue weighted by Gasteiger charge is -2.32. The topological polar surface area (TPSA) is 67.3 Å². The van der Waals surface area contributed by atoms with Crippen LogP contribution in [0.15, 0.2) is 53.4 Å². The van der Waals surface area contributed by atoms with Crippen LogP contribution in [0.5, 0.6) is 0 Å². The summed E-state index contributed by atoms with van der Waals surface area (Å²) in [5, 5.41) is 1.07. The first-order chi connectivity index (χ1) is 13.9. The van der Waals surface area contributed by atoms with E-state index in [0.717, 1.165) is 33.6 Å². The molecule has 3 aromatic rings. The maximum Gasteiger partial charge on any atom is 0.223 e. The number of aromatic nitrogens is 1. The fourth-order valence-corrected chi connectivity index (χ4v) is 6.04. The third-order valence-corrected chi connectivity index (χ3v) is 8.33. The van der Waals surface area contributed by atoms with Gasteiger partial charge in [-0.1, -0.05) is 29.8 Å². The minimum atomic E-state index is -3.45. The fraction of sp³-hybridized carbons (Fsp3) is 0.364. The molecule has 1 saturated heterocycles. The van der Waals surface area contributed by atoms with E-state index >= 15 is 0 Å². The number of hydrogen-bond donors (Lipinski definition) is 0. The van der Waals surface area contributed by atoms with Gasteiger partial charge in [-0.2, -0.15) is 0 Å². The summed E-state index contributed by atoms with van der Waals surface area (Å²) in [6.45, 7) is 3.21. The third-order valence-electron chi connectivity index (χ3n) is 5.40. The van der Waals surface area contributed by atoms with E-state index in [-0.39, 0.29) is 28.9 Å². The molecule has 0 N–H and O–H groups in total. The van der Waals surface area contributed by atoms with Gasteiger partial charge in [0.05, 0.1) is 25.9 Å². The van der Waals surface area contributed by atoms with Crippen molar-refractivity contribution < 1.29 is 13.2 Å². The van der Waals surface area contributed by atoms with Crippen LogP contribution < -0.4 is 0 Å². The van der Waals surface area contributed by atoms with Crippen molar-refractivity contribution in [2.45, 2.75) is 37.0 Å². The van der Waals surface area contributed by atoms with Crippen LogP contribution in [0.2, 0.25) is 0 Å². The van der Waals surface area contributed by atoms with Gasteiger partial charge in [-0.15, -0.1) is 11.3 Å². The highest BCUT2D eigenvalue weighted by Gasteiger charge is 2.28. The summed E-state index contributed by atoms with van der Waals surface area (Å²) in [7, 11) is -3.45. The first-order valence-electron chi connectivity index (χ1n) is 9.85. The maximum absolute atomic E-state index is 12.7. The SMILES string of the molecule is Cc1ccc(S(=O)(=O)CCC(=O)N2CCC[C@H](c3nc4ccccc4s3)C2)cc1. The van der Waals surface area contributed by atoms with E-state index in [1.54, 1.807) is 35.6 Å². The zero-order valence-corrected chi connectivity index (χ0v) is 18.0. The van der Waals surface area contributed by atoms with Crippen LogP contribution in [0.4, 0.5) is 0 Å². The molecule has 0 spiro atoms. The molecule has 0 radical (unpaired) electrons. The van der Waals surface area contributed by atoms with E-state index in [1.165, 1.54) is 0 Å². The molecule has 4 rings (SSSR count). The number of benzene rings is 2. The second kappa shape index (κ2) is 8.24. The van der Waals surface area contributed by atoms with Gasteiger partial charge in [0.25, 0.3) is 0 Å². The lowest BCUT2D eigenvalue weighted by atomic mass is 9.98. The van der Waals surface area contributed by atoms with Crippen LogP contribution in [0, 0.1) is 6.92 Å². The van der Waals surface area contributed by atoms with Gasteiger partial charge in [0, 0.05) is 25.4 Å². The van der Waals surface area contributed by atoms with Gasteiger partial charge in [-0.05, 0) is 44.0 Å². The number of aryl methyl sites for hydroxylation is 1. The Hall–Kier alpha value is -2.25. The Morgan fingerprint density at radius 2 is 1.93 bits per heavy atom. The molecule has 1 fully saturated rings. The van der Waals surface area contributed by atoms with Gasteiger partial charge in [-0.25, -0.2) is 13.4 Å². The van der Waals surface area contributed by atoms with Crippen molar-refractivity contribution >= 4 is 37.3 Å². The van der Waals surface area contributed by atoms with Crippen molar-refractivity contribution in [1.82, 2.24) is 9.88 Å². The Morgan fingerprint density at radius 3 is 2.69 bits per heavy atom. The number of nitrogens with zero attached hydrogens (tertiary/aromatic N) is 2. The Balaban J connectivity index is 1.40. The van der Waals surface area contributed by atoms with Gasteiger partial charge in [0.2, 0.25) is 5.91 Å². The van der Waals surface area contributed by atoms with Crippen LogP contribution in [-0.2, 0) is 14.6 Å². The maximum atomic E-state index is 12.7. The Kier molecular flexibility index (Phi) is 5.69. The highest BCUT2D eigenvalue weighted by molar-refractivity contribution is 7.91. The number of amides is 1. The van der Waals surface area contributed by atoms with E-state index < -0.39 is 9.84 Å². The molecule has 2 heterocycles. The molecule has 1 aliphatic rings. The summed E-state index contributed by atoms with van der Waals surface area (Å²) in [5.74, 6) is -0.0256. The number of thiazole rings is 1. The molecule has 7 heteroatoms. The molecule has 5 nitrogen and oxygen atoms in total. The molecular weight excluding hydrogens is 404 g/mol. The standard InChI is InChI=1S/C22H24N2O3S2/c1-16-8-10-18(11-9-16)29(26,27)14-12-21(25)24-13-4-5-17(15-24)22-23-19-6-2-3-7-20(19)28-22/h2-3,6-11,17H,4-5,12-15H2,1H3/t17-/m0/s1. The Bertz CT molecular complexity index is 1090. The van der Waals surface area contributed by atoms with E-state index in [9.17, 15) is 13.2 Å². The Morgan fingerprint density at radius 1 is 1.17 bits per heavy atom. The van der Waals surface area contributed by atoms with Crippen molar-refractivity contribution in [1.29, 1.82) is 0 Å². The first-order valence-corrected chi connectivity index (χ1v) is 12.3. The van der Waals surface area contributed by atoms with Crippen LogP contribution >= 0.6 is 11.3 Å². The first kappa shape index (κ1) is 20.0. The predicted octanol–water partition coefficient (Wildman–Crippen LogP) is 4.17. The van der Waals surface area contributed by atoms with Gasteiger partial charge in [-0.3, -0.25) is 4.79 Å². The molecule has 0 saturated carbocycles. The molecule has 0 unspecified atom stereocenters. The average molecular weight is 429 g/mol. The molecule has 1 atom stereocenters. The van der Waals surface area contributed by atoms with E-state index in [0.29, 0.717) is 13.1 Å². The second-order valence-electron chi connectivity index (χ2n) is 7.58. The summed E-state index contributed by atoms with van der Waals surface area (Å²) < 4.78 is 26.2. The van der Waals surface area contributed by atoms with Crippen LogP contribution in [0.3, 0.4) is 0 Å². The van der Waals surface area contributed by atoms with Crippen LogP contribution in [0.25, 0.3) is 10.2 Å². The predicted molar refractivity (Wildman–Crippen MR) is 116 cm³/mol. The summed E-state index contributed by atoms with van der Waals surface area (Å²) in [4.78, 5) is 19.6. The Labute approximate surface area is 175 Å². The summed E-state index contributed by atoms with van der Waals surface area (Å²) in [6.07, 6.45) is 1.94. The normalized spacial score (nSPS) is 17.6. The third kappa shape index (κ3) is 4.51. The smallest absolute Gasteiger partial charge is 0.223 e. The number of sulfone groups is 1. The molecule has 1 aliphatic heterocycles. The van der Waals surface area contributed by atoms with Gasteiger partial charge < -0.3 is 4.90 Å². The van der Waals surface area contributed by atoms with Crippen LogP contribution in [-0.4, -0.2) is 43.1 Å². The zero-order chi connectivity index (χ0) is 20.4. The quantitative estimate of drug-likeness (QED) is 0.612. The number of carbonyl (C=O) groups is 1. The van der Waals surface area contributed by atoms with Gasteiger partial charge >= 0.3 is 0 Å². The number of carbonyl (C=O) groups excluding carboxylic acids is 1. The van der Waals surface area contributed by atoms with Gasteiger partial charge in [0.1, 0.15) is 0 Å². The minimum Gasteiger partial charge on any atom is -0.342 e. The zero-order valence-electron chi connectivity index (χ0n) is 16.4. The van der Waals surface area contributed by atoms with Crippen molar-refractivity contribution in [3.8, 4) is 0 Å². The number of piperidine rings is 1. The minimum absolute atomic E-state index is 0.0166. The van der Waals surface area contributed by atoms with Crippen molar-refractivity contribution in [3.05, 3.63) is 59.1 Å². The molecule has 0 bridgehead atoms. The largest absolute Gasteiger partial charge is 0.342 e. The lowest BCUT2D eigenvalue weighted by Crippen LogP contribution is -2.39. The molecule has 152 valence electrons. The molecule has 29 heavy (non-hydrogen) atoms. The average Bonchev–Trinajstić information content (AvgIpc) is 3.17. The molecule has 1 amide bonds.